The zero-order chi connectivity index (χ0) is 10.8. The second-order valence-electron chi connectivity index (χ2n) is 4.06. The van der Waals surface area contributed by atoms with Crippen LogP contribution in [-0.4, -0.2) is 40.3 Å². The van der Waals surface area contributed by atoms with Gasteiger partial charge >= 0.3 is 0 Å². The molecule has 3 N–H and O–H groups in total. The van der Waals surface area contributed by atoms with Crippen LogP contribution in [0, 0.1) is 6.92 Å². The lowest BCUT2D eigenvalue weighted by molar-refractivity contribution is 0.576. The highest BCUT2D eigenvalue weighted by atomic mass is 32.2. The monoisotopic (exact) mass is 226 g/mol. The molecule has 1 aliphatic heterocycles. The minimum absolute atomic E-state index is 0.382. The molecule has 0 amide bonds. The molecule has 0 spiro atoms. The maximum absolute atomic E-state index is 5.77. The van der Waals surface area contributed by atoms with Crippen molar-refractivity contribution in [1.29, 1.82) is 0 Å². The van der Waals surface area contributed by atoms with Crippen LogP contribution in [0.1, 0.15) is 12.6 Å². The molecule has 0 aliphatic carbocycles. The Kier molecular flexibility index (Phi) is 3.21. The molecule has 1 aromatic rings. The third-order valence-electron chi connectivity index (χ3n) is 2.91. The summed E-state index contributed by atoms with van der Waals surface area (Å²) in [6.07, 6.45) is 1.91. The number of hydrogen-bond acceptors (Lipinski definition) is 4. The largest absolute Gasteiger partial charge is 0.360 e. The molecule has 2 rings (SSSR count). The molecule has 1 unspecified atom stereocenters. The van der Waals surface area contributed by atoms with Gasteiger partial charge in [-0.1, -0.05) is 0 Å². The van der Waals surface area contributed by atoms with E-state index < -0.39 is 0 Å². The first-order chi connectivity index (χ1) is 7.24. The van der Waals surface area contributed by atoms with Crippen LogP contribution in [0.25, 0.3) is 0 Å². The topological polar surface area (TPSA) is 57.9 Å². The first-order valence-electron chi connectivity index (χ1n) is 5.30. The number of rotatable bonds is 4. The van der Waals surface area contributed by atoms with E-state index in [2.05, 4.69) is 28.9 Å². The van der Waals surface area contributed by atoms with Crippen molar-refractivity contribution in [1.82, 2.24) is 10.2 Å². The predicted molar refractivity (Wildman–Crippen MR) is 65.4 cm³/mol. The van der Waals surface area contributed by atoms with E-state index in [1.54, 1.807) is 0 Å². The van der Waals surface area contributed by atoms with Gasteiger partial charge in [0.15, 0.2) is 0 Å². The number of nitrogens with zero attached hydrogens (tertiary/aromatic N) is 2. The lowest BCUT2D eigenvalue weighted by Gasteiger charge is -2.42. The molecule has 0 saturated carbocycles. The number of thioether (sulfide) groups is 1. The highest BCUT2D eigenvalue weighted by Crippen LogP contribution is 2.30. The molecule has 0 bridgehead atoms. The first-order valence-corrected chi connectivity index (χ1v) is 6.45. The van der Waals surface area contributed by atoms with E-state index in [1.165, 1.54) is 17.2 Å². The van der Waals surface area contributed by atoms with Crippen LogP contribution in [0.4, 0.5) is 5.69 Å². The van der Waals surface area contributed by atoms with E-state index in [1.807, 2.05) is 18.0 Å². The zero-order valence-electron chi connectivity index (χ0n) is 9.23. The Morgan fingerprint density at radius 3 is 2.87 bits per heavy atom. The molecule has 4 nitrogen and oxygen atoms in total. The third kappa shape index (κ3) is 1.99. The molecule has 2 heterocycles. The van der Waals surface area contributed by atoms with Crippen LogP contribution in [0.2, 0.25) is 0 Å². The minimum atomic E-state index is 0.382. The summed E-state index contributed by atoms with van der Waals surface area (Å²) in [5.74, 6) is 2.41. The molecule has 0 radical (unpaired) electrons. The molecular formula is C10H18N4S. The summed E-state index contributed by atoms with van der Waals surface area (Å²) in [6, 6.07) is 1.01. The van der Waals surface area contributed by atoms with Crippen LogP contribution < -0.4 is 10.6 Å². The summed E-state index contributed by atoms with van der Waals surface area (Å²) < 4.78 is 0. The SMILES string of the molecule is Cc1[nH]ncc1N(C(C)CN)C1CSC1. The molecule has 1 aliphatic rings. The lowest BCUT2D eigenvalue weighted by atomic mass is 10.1. The zero-order valence-corrected chi connectivity index (χ0v) is 10.0. The van der Waals surface area contributed by atoms with Gasteiger partial charge in [-0.3, -0.25) is 5.10 Å². The normalized spacial score (nSPS) is 18.6. The highest BCUT2D eigenvalue weighted by molar-refractivity contribution is 8.00. The highest BCUT2D eigenvalue weighted by Gasteiger charge is 2.30. The Labute approximate surface area is 94.6 Å². The van der Waals surface area contributed by atoms with E-state index in [4.69, 9.17) is 5.73 Å². The van der Waals surface area contributed by atoms with Gasteiger partial charge in [-0.2, -0.15) is 16.9 Å². The number of H-pyrrole nitrogens is 1. The number of aromatic amines is 1. The standard InChI is InChI=1S/C10H18N4S/c1-7(3-11)14(9-5-15-6-9)10-4-12-13-8(10)2/h4,7,9H,3,5-6,11H2,1-2H3,(H,12,13). The van der Waals surface area contributed by atoms with Gasteiger partial charge in [0.25, 0.3) is 0 Å². The summed E-state index contributed by atoms with van der Waals surface area (Å²) in [7, 11) is 0. The van der Waals surface area contributed by atoms with E-state index in [0.717, 1.165) is 5.69 Å². The van der Waals surface area contributed by atoms with E-state index in [0.29, 0.717) is 18.6 Å². The fraction of sp³-hybridized carbons (Fsp3) is 0.700. The van der Waals surface area contributed by atoms with Gasteiger partial charge in [0.1, 0.15) is 0 Å². The number of hydrogen-bond donors (Lipinski definition) is 2. The Morgan fingerprint density at radius 2 is 2.47 bits per heavy atom. The molecule has 1 saturated heterocycles. The summed E-state index contributed by atoms with van der Waals surface area (Å²) in [5, 5.41) is 7.08. The molecule has 0 aromatic carbocycles. The van der Waals surface area contributed by atoms with Gasteiger partial charge in [-0.05, 0) is 13.8 Å². The number of anilines is 1. The quantitative estimate of drug-likeness (QED) is 0.804. The van der Waals surface area contributed by atoms with Gasteiger partial charge in [0.2, 0.25) is 0 Å². The van der Waals surface area contributed by atoms with Crippen LogP contribution in [-0.2, 0) is 0 Å². The number of aryl methyl sites for hydroxylation is 1. The fourth-order valence-corrected chi connectivity index (χ4v) is 2.66. The summed E-state index contributed by atoms with van der Waals surface area (Å²) in [4.78, 5) is 2.41. The predicted octanol–water partition coefficient (Wildman–Crippen LogP) is 0.987. The number of aromatic nitrogens is 2. The van der Waals surface area contributed by atoms with Crippen LogP contribution in [0.3, 0.4) is 0 Å². The average Bonchev–Trinajstić information content (AvgIpc) is 2.56. The van der Waals surface area contributed by atoms with Gasteiger partial charge in [-0.25, -0.2) is 0 Å². The average molecular weight is 226 g/mol. The molecule has 15 heavy (non-hydrogen) atoms. The van der Waals surface area contributed by atoms with E-state index in [9.17, 15) is 0 Å². The van der Waals surface area contributed by atoms with Crippen molar-refractivity contribution in [3.8, 4) is 0 Å². The van der Waals surface area contributed by atoms with Crippen LogP contribution in [0.15, 0.2) is 6.20 Å². The summed E-state index contributed by atoms with van der Waals surface area (Å²) in [6.45, 7) is 4.92. The minimum Gasteiger partial charge on any atom is -0.360 e. The summed E-state index contributed by atoms with van der Waals surface area (Å²) >= 11 is 1.99. The maximum atomic E-state index is 5.77. The van der Waals surface area contributed by atoms with Gasteiger partial charge in [-0.15, -0.1) is 0 Å². The van der Waals surface area contributed by atoms with Crippen molar-refractivity contribution in [2.75, 3.05) is 23.0 Å². The molecule has 1 atom stereocenters. The lowest BCUT2D eigenvalue weighted by Crippen LogP contribution is -2.51. The Balaban J connectivity index is 2.21. The van der Waals surface area contributed by atoms with Gasteiger partial charge < -0.3 is 10.6 Å². The van der Waals surface area contributed by atoms with Crippen molar-refractivity contribution < 1.29 is 0 Å². The van der Waals surface area contributed by atoms with Crippen LogP contribution in [0.5, 0.6) is 0 Å². The molecular weight excluding hydrogens is 208 g/mol. The summed E-state index contributed by atoms with van der Waals surface area (Å²) in [5.41, 5.74) is 8.10. The second-order valence-corrected chi connectivity index (χ2v) is 5.14. The van der Waals surface area contributed by atoms with E-state index in [-0.39, 0.29) is 0 Å². The second kappa shape index (κ2) is 4.45. The Hall–Kier alpha value is -0.680. The number of nitrogens with two attached hydrogens (primary N) is 1. The van der Waals surface area contributed by atoms with Crippen molar-refractivity contribution in [2.24, 2.45) is 5.73 Å². The number of nitrogens with one attached hydrogen (secondary N) is 1. The Morgan fingerprint density at radius 1 is 1.73 bits per heavy atom. The van der Waals surface area contributed by atoms with E-state index >= 15 is 0 Å². The van der Waals surface area contributed by atoms with Crippen molar-refractivity contribution in [3.05, 3.63) is 11.9 Å². The molecule has 84 valence electrons. The third-order valence-corrected chi connectivity index (χ3v) is 4.15. The molecule has 1 fully saturated rings. The molecule has 5 heteroatoms. The first kappa shape index (κ1) is 10.8. The maximum Gasteiger partial charge on any atom is 0.0785 e. The van der Waals surface area contributed by atoms with Crippen molar-refractivity contribution in [3.63, 3.8) is 0 Å². The van der Waals surface area contributed by atoms with Gasteiger partial charge in [0, 0.05) is 30.1 Å². The van der Waals surface area contributed by atoms with Gasteiger partial charge in [0.05, 0.1) is 17.6 Å². The van der Waals surface area contributed by atoms with Crippen molar-refractivity contribution in [2.45, 2.75) is 25.9 Å². The Bertz CT molecular complexity index is 316. The van der Waals surface area contributed by atoms with Crippen molar-refractivity contribution >= 4 is 17.4 Å². The smallest absolute Gasteiger partial charge is 0.0785 e. The molecule has 1 aromatic heterocycles. The fourth-order valence-electron chi connectivity index (χ4n) is 1.90. The van der Waals surface area contributed by atoms with Crippen LogP contribution >= 0.6 is 11.8 Å².